The van der Waals surface area contributed by atoms with Crippen molar-refractivity contribution in [3.05, 3.63) is 216 Å². The average molecular weight is 739 g/mol. The molecule has 0 aliphatic rings. The molecule has 0 bridgehead atoms. The Labute approximate surface area is 300 Å². The van der Waals surface area contributed by atoms with E-state index in [0.29, 0.717) is 12.3 Å². The first-order valence-electron chi connectivity index (χ1n) is 16.8. The van der Waals surface area contributed by atoms with E-state index < -0.39 is 14.5 Å². The van der Waals surface area contributed by atoms with Gasteiger partial charge in [-0.15, -0.1) is 0 Å². The van der Waals surface area contributed by atoms with Crippen molar-refractivity contribution in [1.82, 2.24) is 0 Å². The van der Waals surface area contributed by atoms with Gasteiger partial charge in [-0.05, 0) is 0 Å². The van der Waals surface area contributed by atoms with E-state index in [4.69, 9.17) is 0 Å². The predicted molar refractivity (Wildman–Crippen MR) is 207 cm³/mol. The molecule has 0 saturated carbocycles. The summed E-state index contributed by atoms with van der Waals surface area (Å²) in [5.74, 6) is -2.30. The van der Waals surface area contributed by atoms with Crippen LogP contribution < -0.4 is 31.8 Å². The van der Waals surface area contributed by atoms with E-state index in [9.17, 15) is 26.3 Å². The number of hydrogen-bond donors (Lipinski definition) is 0. The standard InChI is InChI=1S/C44H34F6P2/c45-33-5-17-39(18-6-33)51(40-19-7-34(46)8-20-40,41-21-9-35(47)10-22-41)29-31-1-2-32(4-3-31)30-52(42-23-11-36(48)12-24-42,43-25-13-37(49)14-26-43)44-27-15-38(50)16-28-44/h1-28,51-52H,29-30H2. The van der Waals surface area contributed by atoms with Gasteiger partial charge in [-0.25, -0.2) is 0 Å². The summed E-state index contributed by atoms with van der Waals surface area (Å²) in [4.78, 5) is 0. The first-order chi connectivity index (χ1) is 25.2. The van der Waals surface area contributed by atoms with Gasteiger partial charge in [0, 0.05) is 0 Å². The van der Waals surface area contributed by atoms with Gasteiger partial charge in [0.15, 0.2) is 0 Å². The molecule has 0 aliphatic heterocycles. The van der Waals surface area contributed by atoms with Crippen LogP contribution in [0.1, 0.15) is 11.1 Å². The summed E-state index contributed by atoms with van der Waals surface area (Å²) >= 11 is 0. The van der Waals surface area contributed by atoms with E-state index in [2.05, 4.69) is 0 Å². The molecule has 262 valence electrons. The molecular weight excluding hydrogens is 704 g/mol. The summed E-state index contributed by atoms with van der Waals surface area (Å²) in [7, 11) is -6.14. The van der Waals surface area contributed by atoms with Crippen molar-refractivity contribution >= 4 is 46.4 Å². The molecule has 7 rings (SSSR count). The van der Waals surface area contributed by atoms with Crippen LogP contribution in [0.3, 0.4) is 0 Å². The maximum absolute atomic E-state index is 14.3. The van der Waals surface area contributed by atoms with Gasteiger partial charge < -0.3 is 0 Å². The van der Waals surface area contributed by atoms with E-state index in [1.807, 2.05) is 24.3 Å². The van der Waals surface area contributed by atoms with Crippen molar-refractivity contribution in [2.75, 3.05) is 0 Å². The monoisotopic (exact) mass is 738 g/mol. The van der Waals surface area contributed by atoms with Gasteiger partial charge in [-0.1, -0.05) is 0 Å². The van der Waals surface area contributed by atoms with Crippen LogP contribution in [0.2, 0.25) is 0 Å². The molecule has 0 heterocycles. The molecule has 0 spiro atoms. The second-order valence-electron chi connectivity index (χ2n) is 13.0. The van der Waals surface area contributed by atoms with Crippen LogP contribution in [-0.4, -0.2) is 0 Å². The first-order valence-corrected chi connectivity index (χ1v) is 21.2. The van der Waals surface area contributed by atoms with Crippen LogP contribution in [0.5, 0.6) is 0 Å². The second kappa shape index (κ2) is 14.9. The maximum atomic E-state index is 14.3. The fraction of sp³-hybridized carbons (Fsp3) is 0.0455. The van der Waals surface area contributed by atoms with Crippen molar-refractivity contribution in [2.45, 2.75) is 12.3 Å². The fourth-order valence-electron chi connectivity index (χ4n) is 7.41. The molecule has 0 radical (unpaired) electrons. The van der Waals surface area contributed by atoms with Gasteiger partial charge in [0.2, 0.25) is 0 Å². The average Bonchev–Trinajstić information content (AvgIpc) is 3.16. The van der Waals surface area contributed by atoms with Crippen molar-refractivity contribution in [3.8, 4) is 0 Å². The number of hydrogen-bond acceptors (Lipinski definition) is 0. The fourth-order valence-corrected chi connectivity index (χ4v) is 16.7. The summed E-state index contributed by atoms with van der Waals surface area (Å²) in [5.41, 5.74) is 1.93. The molecule has 8 heteroatoms. The van der Waals surface area contributed by atoms with E-state index >= 15 is 0 Å². The van der Waals surface area contributed by atoms with Crippen LogP contribution in [-0.2, 0) is 12.3 Å². The Morgan fingerprint density at radius 2 is 0.385 bits per heavy atom. The molecule has 7 aromatic carbocycles. The van der Waals surface area contributed by atoms with Crippen LogP contribution in [0, 0.1) is 34.9 Å². The van der Waals surface area contributed by atoms with Gasteiger partial charge >= 0.3 is 301 Å². The zero-order valence-corrected chi connectivity index (χ0v) is 29.8. The molecule has 0 atom stereocenters. The molecule has 0 fully saturated rings. The van der Waals surface area contributed by atoms with Crippen molar-refractivity contribution < 1.29 is 26.3 Å². The number of rotatable bonds is 10. The molecule has 0 unspecified atom stereocenters. The van der Waals surface area contributed by atoms with Crippen LogP contribution >= 0.6 is 14.5 Å². The van der Waals surface area contributed by atoms with Crippen LogP contribution in [0.4, 0.5) is 26.3 Å². The molecule has 52 heavy (non-hydrogen) atoms. The molecule has 7 aromatic rings. The second-order valence-corrected chi connectivity index (χ2v) is 20.8. The SMILES string of the molecule is Fc1ccc([PH](Cc2ccc(C[PH](c3ccc(F)cc3)(c3ccc(F)cc3)c3ccc(F)cc3)cc2)(c2ccc(F)cc2)c2ccc(F)cc2)cc1. The summed E-state index contributed by atoms with van der Waals surface area (Å²) in [6.45, 7) is 0. The molecule has 0 N–H and O–H groups in total. The summed E-state index contributed by atoms with van der Waals surface area (Å²) in [6.07, 6.45) is 1.01. The van der Waals surface area contributed by atoms with E-state index in [1.54, 1.807) is 72.8 Å². The Morgan fingerprint density at radius 3 is 0.538 bits per heavy atom. The molecule has 0 aliphatic carbocycles. The molecule has 0 amide bonds. The molecule has 0 nitrogen and oxygen atoms in total. The van der Waals surface area contributed by atoms with Gasteiger partial charge in [0.1, 0.15) is 0 Å². The third kappa shape index (κ3) is 7.06. The summed E-state index contributed by atoms with van der Waals surface area (Å²) in [5, 5.41) is 5.29. The van der Waals surface area contributed by atoms with E-state index in [-0.39, 0.29) is 34.9 Å². The quantitative estimate of drug-likeness (QED) is 0.0972. The zero-order chi connectivity index (χ0) is 36.3. The zero-order valence-electron chi connectivity index (χ0n) is 27.8. The van der Waals surface area contributed by atoms with Crippen molar-refractivity contribution in [1.29, 1.82) is 0 Å². The van der Waals surface area contributed by atoms with Crippen molar-refractivity contribution in [2.24, 2.45) is 0 Å². The van der Waals surface area contributed by atoms with Gasteiger partial charge in [0.05, 0.1) is 0 Å². The number of benzene rings is 7. The molecule has 0 saturated heterocycles. The summed E-state index contributed by atoms with van der Waals surface area (Å²) < 4.78 is 85.7. The third-order valence-corrected chi connectivity index (χ3v) is 19.8. The first kappa shape index (κ1) is 35.4. The van der Waals surface area contributed by atoms with Gasteiger partial charge in [0.25, 0.3) is 0 Å². The van der Waals surface area contributed by atoms with Crippen molar-refractivity contribution in [3.63, 3.8) is 0 Å². The number of halogens is 6. The Bertz CT molecular complexity index is 1870. The van der Waals surface area contributed by atoms with E-state index in [1.165, 1.54) is 72.8 Å². The molecule has 0 aromatic heterocycles. The Kier molecular flexibility index (Phi) is 10.1. The minimum atomic E-state index is -3.07. The minimum absolute atomic E-state index is 0.384. The van der Waals surface area contributed by atoms with Crippen LogP contribution in [0.15, 0.2) is 170 Å². The third-order valence-electron chi connectivity index (χ3n) is 9.98. The van der Waals surface area contributed by atoms with E-state index in [0.717, 1.165) is 43.0 Å². The Hall–Kier alpha value is -5.02. The predicted octanol–water partition coefficient (Wildman–Crippen LogP) is 8.97. The Morgan fingerprint density at radius 1 is 0.231 bits per heavy atom. The normalized spacial score (nSPS) is 12.4. The summed E-state index contributed by atoms with van der Waals surface area (Å²) in [6, 6.07) is 46.2. The topological polar surface area (TPSA) is 0 Å². The molecular formula is C44H34F6P2. The van der Waals surface area contributed by atoms with Gasteiger partial charge in [-0.2, -0.15) is 0 Å². The van der Waals surface area contributed by atoms with Crippen LogP contribution in [0.25, 0.3) is 0 Å². The Balaban J connectivity index is 1.36. The van der Waals surface area contributed by atoms with Gasteiger partial charge in [-0.3, -0.25) is 0 Å².